The van der Waals surface area contributed by atoms with Crippen molar-refractivity contribution in [3.63, 3.8) is 0 Å². The predicted molar refractivity (Wildman–Crippen MR) is 60.7 cm³/mol. The smallest absolute Gasteiger partial charge is 0.0884 e. The number of nitrogens with zero attached hydrogens (tertiary/aromatic N) is 2. The van der Waals surface area contributed by atoms with Crippen LogP contribution in [-0.4, -0.2) is 20.3 Å². The molecule has 0 radical (unpaired) electrons. The fraction of sp³-hybridized carbons (Fsp3) is 0.636. The highest BCUT2D eigenvalue weighted by atomic mass is 32.1. The van der Waals surface area contributed by atoms with Gasteiger partial charge in [0.1, 0.15) is 0 Å². The monoisotopic (exact) mass is 224 g/mol. The first-order chi connectivity index (χ1) is 7.22. The Labute approximate surface area is 94.0 Å². The second-order valence-electron chi connectivity index (χ2n) is 4.24. The second kappa shape index (κ2) is 4.41. The molecular weight excluding hydrogens is 208 g/mol. The van der Waals surface area contributed by atoms with Crippen LogP contribution in [0.25, 0.3) is 0 Å². The molecule has 1 aromatic rings. The Kier molecular flexibility index (Phi) is 3.17. The number of aliphatic hydroxyl groups is 1. The highest BCUT2D eigenvalue weighted by Gasteiger charge is 2.29. The molecule has 1 N–H and O–H groups in total. The molecular formula is C11H16N2OS. The third kappa shape index (κ3) is 2.63. The van der Waals surface area contributed by atoms with E-state index in [1.165, 1.54) is 11.5 Å². The number of hydrogen-bond donors (Lipinski definition) is 1. The van der Waals surface area contributed by atoms with Crippen molar-refractivity contribution in [2.75, 3.05) is 0 Å². The van der Waals surface area contributed by atoms with Gasteiger partial charge in [0.15, 0.2) is 0 Å². The van der Waals surface area contributed by atoms with E-state index < -0.39 is 5.60 Å². The summed E-state index contributed by atoms with van der Waals surface area (Å²) in [5, 5.41) is 16.2. The summed E-state index contributed by atoms with van der Waals surface area (Å²) in [5.74, 6) is 0.638. The SMILES string of the molecule is CCC1C=CC(O)(Cc2csnn2)CC1. The van der Waals surface area contributed by atoms with Crippen molar-refractivity contribution in [3.8, 4) is 0 Å². The van der Waals surface area contributed by atoms with Gasteiger partial charge in [-0.15, -0.1) is 5.10 Å². The quantitative estimate of drug-likeness (QED) is 0.800. The Morgan fingerprint density at radius 3 is 3.07 bits per heavy atom. The topological polar surface area (TPSA) is 46.0 Å². The fourth-order valence-corrected chi connectivity index (χ4v) is 2.44. The normalized spacial score (nSPS) is 30.7. The van der Waals surface area contributed by atoms with E-state index in [4.69, 9.17) is 0 Å². The van der Waals surface area contributed by atoms with Gasteiger partial charge in [0.2, 0.25) is 0 Å². The maximum Gasteiger partial charge on any atom is 0.0884 e. The van der Waals surface area contributed by atoms with Crippen molar-refractivity contribution in [1.82, 2.24) is 9.59 Å². The van der Waals surface area contributed by atoms with E-state index in [9.17, 15) is 5.11 Å². The molecule has 1 heterocycles. The zero-order valence-corrected chi connectivity index (χ0v) is 9.70. The van der Waals surface area contributed by atoms with Crippen LogP contribution in [0, 0.1) is 5.92 Å². The minimum absolute atomic E-state index is 0.594. The molecule has 3 nitrogen and oxygen atoms in total. The molecule has 2 atom stereocenters. The van der Waals surface area contributed by atoms with E-state index in [1.54, 1.807) is 0 Å². The summed E-state index contributed by atoms with van der Waals surface area (Å²) in [6.45, 7) is 2.18. The molecule has 4 heteroatoms. The van der Waals surface area contributed by atoms with Gasteiger partial charge in [0.05, 0.1) is 11.3 Å². The molecule has 2 rings (SSSR count). The molecule has 0 bridgehead atoms. The molecule has 82 valence electrons. The lowest BCUT2D eigenvalue weighted by Gasteiger charge is -2.29. The molecule has 2 unspecified atom stereocenters. The van der Waals surface area contributed by atoms with Crippen molar-refractivity contribution in [2.45, 2.75) is 38.2 Å². The van der Waals surface area contributed by atoms with E-state index in [0.717, 1.165) is 25.0 Å². The summed E-state index contributed by atoms with van der Waals surface area (Å²) in [7, 11) is 0. The van der Waals surface area contributed by atoms with Gasteiger partial charge < -0.3 is 5.11 Å². The highest BCUT2D eigenvalue weighted by Crippen LogP contribution is 2.29. The van der Waals surface area contributed by atoms with Crippen LogP contribution in [0.3, 0.4) is 0 Å². The zero-order chi connectivity index (χ0) is 10.7. The van der Waals surface area contributed by atoms with E-state index in [2.05, 4.69) is 22.6 Å². The highest BCUT2D eigenvalue weighted by molar-refractivity contribution is 7.03. The van der Waals surface area contributed by atoms with Gasteiger partial charge in [-0.3, -0.25) is 0 Å². The zero-order valence-electron chi connectivity index (χ0n) is 8.89. The minimum Gasteiger partial charge on any atom is -0.385 e. The molecule has 0 fully saturated rings. The largest absolute Gasteiger partial charge is 0.385 e. The number of hydrogen-bond acceptors (Lipinski definition) is 4. The van der Waals surface area contributed by atoms with Crippen molar-refractivity contribution in [3.05, 3.63) is 23.2 Å². The van der Waals surface area contributed by atoms with E-state index >= 15 is 0 Å². The lowest BCUT2D eigenvalue weighted by atomic mass is 9.82. The molecule has 0 aromatic carbocycles. The lowest BCUT2D eigenvalue weighted by Crippen LogP contribution is -2.32. The average Bonchev–Trinajstić information content (AvgIpc) is 2.71. The maximum atomic E-state index is 10.3. The lowest BCUT2D eigenvalue weighted by molar-refractivity contribution is 0.0677. The fourth-order valence-electron chi connectivity index (χ4n) is 1.99. The van der Waals surface area contributed by atoms with Crippen LogP contribution < -0.4 is 0 Å². The third-order valence-electron chi connectivity index (χ3n) is 3.04. The van der Waals surface area contributed by atoms with Crippen molar-refractivity contribution < 1.29 is 5.11 Å². The average molecular weight is 224 g/mol. The molecule has 0 saturated carbocycles. The van der Waals surface area contributed by atoms with Gasteiger partial charge in [0.25, 0.3) is 0 Å². The Morgan fingerprint density at radius 2 is 2.53 bits per heavy atom. The summed E-state index contributed by atoms with van der Waals surface area (Å²) >= 11 is 1.34. The number of allylic oxidation sites excluding steroid dienone is 1. The summed E-state index contributed by atoms with van der Waals surface area (Å²) < 4.78 is 3.81. The minimum atomic E-state index is -0.693. The Hall–Kier alpha value is -0.740. The molecule has 0 amide bonds. The Balaban J connectivity index is 2.03. The van der Waals surface area contributed by atoms with Crippen molar-refractivity contribution in [1.29, 1.82) is 0 Å². The van der Waals surface area contributed by atoms with Gasteiger partial charge >= 0.3 is 0 Å². The van der Waals surface area contributed by atoms with Crippen LogP contribution in [0.15, 0.2) is 17.5 Å². The van der Waals surface area contributed by atoms with Crippen molar-refractivity contribution >= 4 is 11.5 Å². The second-order valence-corrected chi connectivity index (χ2v) is 4.85. The van der Waals surface area contributed by atoms with E-state index in [0.29, 0.717) is 12.3 Å². The van der Waals surface area contributed by atoms with Gasteiger partial charge in [-0.1, -0.05) is 23.6 Å². The molecule has 0 aliphatic heterocycles. The van der Waals surface area contributed by atoms with Crippen LogP contribution in [0.1, 0.15) is 31.9 Å². The Bertz CT molecular complexity index is 336. The van der Waals surface area contributed by atoms with Crippen LogP contribution in [-0.2, 0) is 6.42 Å². The Morgan fingerprint density at radius 1 is 1.67 bits per heavy atom. The number of aromatic nitrogens is 2. The summed E-state index contributed by atoms with van der Waals surface area (Å²) in [6, 6.07) is 0. The molecule has 0 spiro atoms. The predicted octanol–water partition coefficient (Wildman–Crippen LogP) is 2.19. The molecule has 1 aliphatic carbocycles. The van der Waals surface area contributed by atoms with Gasteiger partial charge in [-0.05, 0) is 36.7 Å². The van der Waals surface area contributed by atoms with E-state index in [-0.39, 0.29) is 0 Å². The summed E-state index contributed by atoms with van der Waals surface area (Å²) in [4.78, 5) is 0. The molecule has 15 heavy (non-hydrogen) atoms. The van der Waals surface area contributed by atoms with Gasteiger partial charge in [-0.2, -0.15) is 0 Å². The summed E-state index contributed by atoms with van der Waals surface area (Å²) in [6.07, 6.45) is 7.75. The molecule has 1 aliphatic rings. The molecule has 1 aromatic heterocycles. The summed E-state index contributed by atoms with van der Waals surface area (Å²) in [5.41, 5.74) is 0.198. The van der Waals surface area contributed by atoms with Crippen LogP contribution in [0.5, 0.6) is 0 Å². The molecule has 0 saturated heterocycles. The third-order valence-corrected chi connectivity index (χ3v) is 3.60. The van der Waals surface area contributed by atoms with Crippen LogP contribution in [0.2, 0.25) is 0 Å². The van der Waals surface area contributed by atoms with Gasteiger partial charge in [-0.25, -0.2) is 0 Å². The number of rotatable bonds is 3. The van der Waals surface area contributed by atoms with Crippen LogP contribution >= 0.6 is 11.5 Å². The standard InChI is InChI=1S/C11H16N2OS/c1-2-9-3-5-11(14,6-4-9)7-10-8-15-13-12-10/h3,5,8-9,14H,2,4,6-7H2,1H3. The first-order valence-corrected chi connectivity index (χ1v) is 6.23. The maximum absolute atomic E-state index is 10.3. The van der Waals surface area contributed by atoms with Crippen molar-refractivity contribution in [2.24, 2.45) is 5.92 Å². The first kappa shape index (κ1) is 10.8. The van der Waals surface area contributed by atoms with Crippen LogP contribution in [0.4, 0.5) is 0 Å². The van der Waals surface area contributed by atoms with Gasteiger partial charge in [0, 0.05) is 11.8 Å². The van der Waals surface area contributed by atoms with E-state index in [1.807, 2.05) is 11.5 Å². The first-order valence-electron chi connectivity index (χ1n) is 5.39.